The van der Waals surface area contributed by atoms with E-state index < -0.39 is 0 Å². The van der Waals surface area contributed by atoms with Gasteiger partial charge in [-0.25, -0.2) is 4.79 Å². The number of methoxy groups -OCH3 is 1. The fraction of sp³-hybridized carbons (Fsp3) is 0.368. The van der Waals surface area contributed by atoms with E-state index >= 15 is 0 Å². The van der Waals surface area contributed by atoms with Crippen LogP contribution in [0.3, 0.4) is 0 Å². The van der Waals surface area contributed by atoms with Gasteiger partial charge < -0.3 is 19.4 Å². The van der Waals surface area contributed by atoms with E-state index in [4.69, 9.17) is 9.47 Å². The maximum Gasteiger partial charge on any atom is 0.339 e. The van der Waals surface area contributed by atoms with E-state index in [9.17, 15) is 9.59 Å². The molecule has 134 valence electrons. The number of hydrogen-bond donors (Lipinski definition) is 1. The van der Waals surface area contributed by atoms with Gasteiger partial charge in [0.05, 0.1) is 19.3 Å². The van der Waals surface area contributed by atoms with Crippen molar-refractivity contribution in [3.05, 3.63) is 52.8 Å². The highest BCUT2D eigenvalue weighted by molar-refractivity contribution is 5.91. The van der Waals surface area contributed by atoms with Gasteiger partial charge in [-0.2, -0.15) is 0 Å². The van der Waals surface area contributed by atoms with Gasteiger partial charge in [0.1, 0.15) is 12.3 Å². The molecule has 0 spiro atoms. The van der Waals surface area contributed by atoms with Gasteiger partial charge in [-0.1, -0.05) is 12.1 Å². The van der Waals surface area contributed by atoms with Crippen LogP contribution in [0.5, 0.6) is 5.75 Å². The summed E-state index contributed by atoms with van der Waals surface area (Å²) in [5.74, 6) is 0.300. The van der Waals surface area contributed by atoms with Crippen LogP contribution in [-0.4, -0.2) is 30.2 Å². The van der Waals surface area contributed by atoms with Crippen LogP contribution in [0.4, 0.5) is 0 Å². The van der Waals surface area contributed by atoms with Crippen molar-refractivity contribution >= 4 is 11.9 Å². The van der Waals surface area contributed by atoms with Gasteiger partial charge in [-0.15, -0.1) is 0 Å². The van der Waals surface area contributed by atoms with Gasteiger partial charge in [0.15, 0.2) is 0 Å². The van der Waals surface area contributed by atoms with Crippen molar-refractivity contribution in [3.8, 4) is 5.75 Å². The van der Waals surface area contributed by atoms with Gasteiger partial charge in [0, 0.05) is 17.9 Å². The summed E-state index contributed by atoms with van der Waals surface area (Å²) in [7, 11) is 1.61. The van der Waals surface area contributed by atoms with Crippen molar-refractivity contribution in [2.45, 2.75) is 33.9 Å². The second-order valence-electron chi connectivity index (χ2n) is 5.72. The number of rotatable bonds is 7. The van der Waals surface area contributed by atoms with Crippen LogP contribution in [0.2, 0.25) is 0 Å². The standard InChI is InChI=1S/C19H24N2O4/c1-5-25-19(23)17-10-13(2)21(14(17)3)12-18(22)20-11-15-6-8-16(24-4)9-7-15/h6-10H,5,11-12H2,1-4H3,(H,20,22). The average Bonchev–Trinajstić information content (AvgIpc) is 2.89. The molecular formula is C19H24N2O4. The first kappa shape index (κ1) is 18.6. The minimum absolute atomic E-state index is 0.118. The Morgan fingerprint density at radius 2 is 1.84 bits per heavy atom. The maximum absolute atomic E-state index is 12.2. The van der Waals surface area contributed by atoms with E-state index in [2.05, 4.69) is 5.32 Å². The fourth-order valence-corrected chi connectivity index (χ4v) is 2.60. The minimum Gasteiger partial charge on any atom is -0.497 e. The summed E-state index contributed by atoms with van der Waals surface area (Å²) in [5, 5.41) is 2.89. The zero-order valence-electron chi connectivity index (χ0n) is 15.1. The maximum atomic E-state index is 12.2. The first-order chi connectivity index (χ1) is 12.0. The van der Waals surface area contributed by atoms with Crippen molar-refractivity contribution in [3.63, 3.8) is 0 Å². The third-order valence-electron chi connectivity index (χ3n) is 4.02. The number of carbonyl (C=O) groups excluding carboxylic acids is 2. The Labute approximate surface area is 147 Å². The van der Waals surface area contributed by atoms with Gasteiger partial charge in [0.25, 0.3) is 0 Å². The van der Waals surface area contributed by atoms with E-state index in [1.165, 1.54) is 0 Å². The van der Waals surface area contributed by atoms with Gasteiger partial charge >= 0.3 is 5.97 Å². The lowest BCUT2D eigenvalue weighted by molar-refractivity contribution is -0.121. The molecule has 1 aromatic carbocycles. The number of aryl methyl sites for hydroxylation is 1. The highest BCUT2D eigenvalue weighted by atomic mass is 16.5. The molecule has 1 heterocycles. The number of esters is 1. The number of amides is 1. The molecule has 0 fully saturated rings. The summed E-state index contributed by atoms with van der Waals surface area (Å²) in [5.41, 5.74) is 3.07. The molecule has 2 aromatic rings. The molecule has 0 saturated heterocycles. The number of ether oxygens (including phenoxy) is 2. The lowest BCUT2D eigenvalue weighted by Crippen LogP contribution is -2.28. The Morgan fingerprint density at radius 3 is 2.44 bits per heavy atom. The molecule has 1 amide bonds. The number of nitrogens with one attached hydrogen (secondary N) is 1. The molecule has 0 radical (unpaired) electrons. The highest BCUT2D eigenvalue weighted by Gasteiger charge is 2.17. The predicted octanol–water partition coefficient (Wildman–Crippen LogP) is 2.61. The van der Waals surface area contributed by atoms with Crippen LogP contribution in [0.1, 0.15) is 34.2 Å². The van der Waals surface area contributed by atoms with Crippen LogP contribution >= 0.6 is 0 Å². The molecule has 0 saturated carbocycles. The monoisotopic (exact) mass is 344 g/mol. The molecule has 2 rings (SSSR count). The summed E-state index contributed by atoms with van der Waals surface area (Å²) in [6.45, 7) is 6.37. The van der Waals surface area contributed by atoms with Crippen molar-refractivity contribution in [2.24, 2.45) is 0 Å². The number of nitrogens with zero attached hydrogens (tertiary/aromatic N) is 1. The highest BCUT2D eigenvalue weighted by Crippen LogP contribution is 2.16. The van der Waals surface area contributed by atoms with Crippen LogP contribution < -0.4 is 10.1 Å². The average molecular weight is 344 g/mol. The fourth-order valence-electron chi connectivity index (χ4n) is 2.60. The van der Waals surface area contributed by atoms with E-state index in [-0.39, 0.29) is 18.4 Å². The number of hydrogen-bond acceptors (Lipinski definition) is 4. The van der Waals surface area contributed by atoms with Crippen molar-refractivity contribution in [2.75, 3.05) is 13.7 Å². The van der Waals surface area contributed by atoms with Crippen LogP contribution in [0.15, 0.2) is 30.3 Å². The predicted molar refractivity (Wildman–Crippen MR) is 94.7 cm³/mol. The zero-order valence-corrected chi connectivity index (χ0v) is 15.1. The molecule has 1 aromatic heterocycles. The molecule has 1 N–H and O–H groups in total. The van der Waals surface area contributed by atoms with Crippen molar-refractivity contribution < 1.29 is 19.1 Å². The molecule has 0 aliphatic carbocycles. The summed E-state index contributed by atoms with van der Waals surface area (Å²) in [6, 6.07) is 9.28. The van der Waals surface area contributed by atoms with E-state index in [1.807, 2.05) is 42.7 Å². The van der Waals surface area contributed by atoms with Crippen molar-refractivity contribution in [1.82, 2.24) is 9.88 Å². The molecule has 6 heteroatoms. The number of aromatic nitrogens is 1. The van der Waals surface area contributed by atoms with Crippen LogP contribution in [-0.2, 0) is 22.6 Å². The molecule has 0 atom stereocenters. The number of benzene rings is 1. The topological polar surface area (TPSA) is 69.6 Å². The summed E-state index contributed by atoms with van der Waals surface area (Å²) in [4.78, 5) is 24.2. The molecule has 6 nitrogen and oxygen atoms in total. The molecule has 25 heavy (non-hydrogen) atoms. The molecule has 0 aliphatic heterocycles. The lowest BCUT2D eigenvalue weighted by Gasteiger charge is -2.11. The van der Waals surface area contributed by atoms with Gasteiger partial charge in [0.2, 0.25) is 5.91 Å². The smallest absolute Gasteiger partial charge is 0.339 e. The lowest BCUT2D eigenvalue weighted by atomic mass is 10.2. The van der Waals surface area contributed by atoms with Gasteiger partial charge in [-0.3, -0.25) is 4.79 Å². The summed E-state index contributed by atoms with van der Waals surface area (Å²) in [6.07, 6.45) is 0. The second-order valence-corrected chi connectivity index (χ2v) is 5.72. The number of carbonyl (C=O) groups is 2. The first-order valence-corrected chi connectivity index (χ1v) is 8.19. The molecule has 0 aliphatic rings. The largest absolute Gasteiger partial charge is 0.497 e. The molecular weight excluding hydrogens is 320 g/mol. The third-order valence-corrected chi connectivity index (χ3v) is 4.02. The summed E-state index contributed by atoms with van der Waals surface area (Å²) >= 11 is 0. The van der Waals surface area contributed by atoms with Crippen molar-refractivity contribution in [1.29, 1.82) is 0 Å². The summed E-state index contributed by atoms with van der Waals surface area (Å²) < 4.78 is 12.0. The Balaban J connectivity index is 1.99. The zero-order chi connectivity index (χ0) is 18.4. The normalized spacial score (nSPS) is 10.4. The first-order valence-electron chi connectivity index (χ1n) is 8.19. The van der Waals surface area contributed by atoms with Crippen LogP contribution in [0.25, 0.3) is 0 Å². The Morgan fingerprint density at radius 1 is 1.16 bits per heavy atom. The second kappa shape index (κ2) is 8.37. The Bertz CT molecular complexity index is 748. The quantitative estimate of drug-likeness (QED) is 0.784. The van der Waals surface area contributed by atoms with Gasteiger partial charge in [-0.05, 0) is 44.5 Å². The Kier molecular flexibility index (Phi) is 6.22. The Hall–Kier alpha value is -2.76. The van der Waals surface area contributed by atoms with E-state index in [0.29, 0.717) is 18.7 Å². The molecule has 0 unspecified atom stereocenters. The third kappa shape index (κ3) is 4.62. The van der Waals surface area contributed by atoms with Crippen LogP contribution in [0, 0.1) is 13.8 Å². The minimum atomic E-state index is -0.361. The van der Waals surface area contributed by atoms with E-state index in [1.54, 1.807) is 20.1 Å². The SMILES string of the molecule is CCOC(=O)c1cc(C)n(CC(=O)NCc2ccc(OC)cc2)c1C. The van der Waals surface area contributed by atoms with E-state index in [0.717, 1.165) is 22.7 Å². The molecule has 0 bridgehead atoms.